The summed E-state index contributed by atoms with van der Waals surface area (Å²) < 4.78 is 27.3. The van der Waals surface area contributed by atoms with E-state index in [1.807, 2.05) is 13.0 Å². The summed E-state index contributed by atoms with van der Waals surface area (Å²) >= 11 is 0. The maximum absolute atomic E-state index is 12.4. The molecule has 120 valence electrons. The van der Waals surface area contributed by atoms with Gasteiger partial charge in [0.05, 0.1) is 5.69 Å². The summed E-state index contributed by atoms with van der Waals surface area (Å²) in [6.07, 6.45) is 2.40. The van der Waals surface area contributed by atoms with E-state index in [4.69, 9.17) is 5.73 Å². The van der Waals surface area contributed by atoms with Crippen molar-refractivity contribution in [3.63, 3.8) is 0 Å². The zero-order chi connectivity index (χ0) is 15.9. The predicted molar refractivity (Wildman–Crippen MR) is 87.9 cm³/mol. The smallest absolute Gasteiger partial charge is 0.242 e. The minimum absolute atomic E-state index is 0.217. The Labute approximate surface area is 128 Å². The van der Waals surface area contributed by atoms with Crippen molar-refractivity contribution in [1.29, 1.82) is 0 Å². The molecule has 1 aromatic carbocycles. The van der Waals surface area contributed by atoms with Crippen LogP contribution in [0.1, 0.15) is 40.0 Å². The van der Waals surface area contributed by atoms with E-state index in [0.29, 0.717) is 18.8 Å². The van der Waals surface area contributed by atoms with Crippen LogP contribution in [0, 0.1) is 0 Å². The lowest BCUT2D eigenvalue weighted by atomic mass is 9.94. The van der Waals surface area contributed by atoms with Crippen molar-refractivity contribution >= 4 is 15.7 Å². The van der Waals surface area contributed by atoms with Gasteiger partial charge in [0.2, 0.25) is 10.0 Å². The van der Waals surface area contributed by atoms with Gasteiger partial charge in [-0.2, -0.15) is 0 Å². The summed E-state index contributed by atoms with van der Waals surface area (Å²) in [7, 11) is -3.49. The summed E-state index contributed by atoms with van der Waals surface area (Å²) in [6, 6.07) is 6.99. The minimum atomic E-state index is -3.49. The summed E-state index contributed by atoms with van der Waals surface area (Å²) in [4.78, 5) is 0.287. The predicted octanol–water partition coefficient (Wildman–Crippen LogP) is 2.30. The van der Waals surface area contributed by atoms with Gasteiger partial charge in [0, 0.05) is 12.1 Å². The number of benzene rings is 1. The van der Waals surface area contributed by atoms with E-state index < -0.39 is 10.0 Å². The van der Waals surface area contributed by atoms with E-state index in [9.17, 15) is 8.42 Å². The average molecular weight is 313 g/mol. The van der Waals surface area contributed by atoms with E-state index in [1.165, 1.54) is 0 Å². The molecule has 0 aliphatic carbocycles. The van der Waals surface area contributed by atoms with Crippen LogP contribution in [0.3, 0.4) is 0 Å². The first-order chi connectivity index (χ1) is 9.88. The molecule has 0 heterocycles. The number of nitrogens with one attached hydrogen (secondary N) is 2. The van der Waals surface area contributed by atoms with Gasteiger partial charge in [-0.3, -0.25) is 0 Å². The van der Waals surface area contributed by atoms with E-state index in [2.05, 4.69) is 23.9 Å². The van der Waals surface area contributed by atoms with Crippen molar-refractivity contribution in [2.24, 2.45) is 5.73 Å². The monoisotopic (exact) mass is 313 g/mol. The normalized spacial score (nSPS) is 14.7. The quantitative estimate of drug-likeness (QED) is 0.653. The van der Waals surface area contributed by atoms with Crippen molar-refractivity contribution in [3.8, 4) is 0 Å². The summed E-state index contributed by atoms with van der Waals surface area (Å²) in [5.74, 6) is 0. The fraction of sp³-hybridized carbons (Fsp3) is 0.600. The van der Waals surface area contributed by atoms with Crippen molar-refractivity contribution in [2.45, 2.75) is 50.5 Å². The fourth-order valence-electron chi connectivity index (χ4n) is 2.09. The Morgan fingerprint density at radius 2 is 1.90 bits per heavy atom. The number of hydrogen-bond donors (Lipinski definition) is 3. The number of sulfonamides is 1. The van der Waals surface area contributed by atoms with Gasteiger partial charge in [-0.05, 0) is 44.9 Å². The zero-order valence-corrected chi connectivity index (χ0v) is 14.0. The molecule has 0 aliphatic heterocycles. The molecule has 0 fully saturated rings. The Hall–Kier alpha value is -1.11. The molecule has 0 bridgehead atoms. The van der Waals surface area contributed by atoms with Gasteiger partial charge in [0.15, 0.2) is 0 Å². The van der Waals surface area contributed by atoms with Crippen LogP contribution in [-0.2, 0) is 10.0 Å². The number of anilines is 1. The zero-order valence-electron chi connectivity index (χ0n) is 13.1. The van der Waals surface area contributed by atoms with Crippen LogP contribution in [-0.4, -0.2) is 27.0 Å². The summed E-state index contributed by atoms with van der Waals surface area (Å²) in [6.45, 7) is 7.05. The first-order valence-electron chi connectivity index (χ1n) is 7.45. The second-order valence-electron chi connectivity index (χ2n) is 5.47. The highest BCUT2D eigenvalue weighted by Gasteiger charge is 2.24. The molecule has 0 aliphatic rings. The van der Waals surface area contributed by atoms with Gasteiger partial charge < -0.3 is 11.1 Å². The highest BCUT2D eigenvalue weighted by molar-refractivity contribution is 7.89. The molecule has 1 aromatic rings. The van der Waals surface area contributed by atoms with Gasteiger partial charge in [0.25, 0.3) is 0 Å². The number of hydrogen-bond acceptors (Lipinski definition) is 4. The Balaban J connectivity index is 3.10. The maximum atomic E-state index is 12.4. The van der Waals surface area contributed by atoms with Crippen LogP contribution in [0.4, 0.5) is 5.69 Å². The standard InChI is InChI=1S/C15H27N3O2S/c1-4-12-17-21(19,20)14-9-7-6-8-13(14)18-15(3,5-2)10-11-16/h6-9,17-18H,4-5,10-12,16H2,1-3H3. The molecule has 5 nitrogen and oxygen atoms in total. The highest BCUT2D eigenvalue weighted by atomic mass is 32.2. The van der Waals surface area contributed by atoms with Gasteiger partial charge >= 0.3 is 0 Å². The topological polar surface area (TPSA) is 84.2 Å². The van der Waals surface area contributed by atoms with Crippen molar-refractivity contribution in [1.82, 2.24) is 4.72 Å². The molecular formula is C15H27N3O2S. The van der Waals surface area contributed by atoms with Crippen LogP contribution in [0.5, 0.6) is 0 Å². The van der Waals surface area contributed by atoms with Crippen molar-refractivity contribution < 1.29 is 8.42 Å². The molecule has 21 heavy (non-hydrogen) atoms. The molecule has 0 saturated carbocycles. The average Bonchev–Trinajstić information content (AvgIpc) is 2.46. The molecular weight excluding hydrogens is 286 g/mol. The molecule has 0 amide bonds. The van der Waals surface area contributed by atoms with Crippen LogP contribution < -0.4 is 15.8 Å². The molecule has 0 saturated heterocycles. The Morgan fingerprint density at radius 1 is 1.24 bits per heavy atom. The molecule has 1 atom stereocenters. The van der Waals surface area contributed by atoms with Crippen molar-refractivity contribution in [2.75, 3.05) is 18.4 Å². The van der Waals surface area contributed by atoms with E-state index in [0.717, 1.165) is 19.3 Å². The van der Waals surface area contributed by atoms with Gasteiger partial charge in [0.1, 0.15) is 4.90 Å². The lowest BCUT2D eigenvalue weighted by Crippen LogP contribution is -2.37. The third-order valence-corrected chi connectivity index (χ3v) is 5.15. The number of para-hydroxylation sites is 1. The first-order valence-corrected chi connectivity index (χ1v) is 8.94. The van der Waals surface area contributed by atoms with Crippen LogP contribution in [0.15, 0.2) is 29.2 Å². The fourth-order valence-corrected chi connectivity index (χ4v) is 3.38. The SMILES string of the molecule is CCCNS(=O)(=O)c1ccccc1NC(C)(CC)CCN. The molecule has 0 radical (unpaired) electrons. The summed E-state index contributed by atoms with van der Waals surface area (Å²) in [5, 5.41) is 3.36. The van der Waals surface area contributed by atoms with E-state index in [-0.39, 0.29) is 10.4 Å². The molecule has 4 N–H and O–H groups in total. The molecule has 6 heteroatoms. The highest BCUT2D eigenvalue weighted by Crippen LogP contribution is 2.27. The second kappa shape index (κ2) is 7.77. The van der Waals surface area contributed by atoms with E-state index in [1.54, 1.807) is 18.2 Å². The minimum Gasteiger partial charge on any atom is -0.379 e. The number of rotatable bonds is 9. The Bertz CT molecular complexity index is 546. The van der Waals surface area contributed by atoms with E-state index >= 15 is 0 Å². The lowest BCUT2D eigenvalue weighted by Gasteiger charge is -2.31. The molecule has 1 rings (SSSR count). The third-order valence-electron chi connectivity index (χ3n) is 3.63. The maximum Gasteiger partial charge on any atom is 0.242 e. The molecule has 1 unspecified atom stereocenters. The molecule has 0 spiro atoms. The van der Waals surface area contributed by atoms with Crippen LogP contribution in [0.25, 0.3) is 0 Å². The second-order valence-corrected chi connectivity index (χ2v) is 7.21. The van der Waals surface area contributed by atoms with Gasteiger partial charge in [-0.1, -0.05) is 26.0 Å². The Kier molecular flexibility index (Phi) is 6.64. The number of nitrogens with two attached hydrogens (primary N) is 1. The van der Waals surface area contributed by atoms with Gasteiger partial charge in [-0.15, -0.1) is 0 Å². The Morgan fingerprint density at radius 3 is 2.48 bits per heavy atom. The largest absolute Gasteiger partial charge is 0.379 e. The van der Waals surface area contributed by atoms with Crippen LogP contribution in [0.2, 0.25) is 0 Å². The van der Waals surface area contributed by atoms with Crippen LogP contribution >= 0.6 is 0 Å². The third kappa shape index (κ3) is 4.98. The first kappa shape index (κ1) is 17.9. The summed E-state index contributed by atoms with van der Waals surface area (Å²) in [5.41, 5.74) is 6.07. The lowest BCUT2D eigenvalue weighted by molar-refractivity contribution is 0.462. The van der Waals surface area contributed by atoms with Gasteiger partial charge in [-0.25, -0.2) is 13.1 Å². The van der Waals surface area contributed by atoms with Crippen molar-refractivity contribution in [3.05, 3.63) is 24.3 Å². The molecule has 0 aromatic heterocycles.